The fraction of sp³-hybridized carbons (Fsp3) is 0.538. The lowest BCUT2D eigenvalue weighted by molar-refractivity contribution is 0.0826. The number of rotatable bonds is 2. The van der Waals surface area contributed by atoms with Gasteiger partial charge in [-0.15, -0.1) is 0 Å². The van der Waals surface area contributed by atoms with Crippen LogP contribution < -0.4 is 5.32 Å². The predicted octanol–water partition coefficient (Wildman–Crippen LogP) is 2.77. The number of nitrogens with zero attached hydrogens (tertiary/aromatic N) is 1. The van der Waals surface area contributed by atoms with Gasteiger partial charge in [-0.25, -0.2) is 4.39 Å². The minimum absolute atomic E-state index is 0.122. The van der Waals surface area contributed by atoms with Crippen molar-refractivity contribution in [1.82, 2.24) is 10.2 Å². The van der Waals surface area contributed by atoms with Crippen LogP contribution in [0.25, 0.3) is 0 Å². The maximum absolute atomic E-state index is 13.3. The molecule has 0 unspecified atom stereocenters. The second-order valence-electron chi connectivity index (χ2n) is 5.19. The molecule has 0 saturated carbocycles. The number of halogens is 2. The monoisotopic (exact) mass is 300 g/mol. The second-order valence-corrected chi connectivity index (χ2v) is 6.10. The molecule has 4 heteroatoms. The third-order valence-electron chi connectivity index (χ3n) is 3.27. The molecule has 2 nitrogen and oxygen atoms in total. The van der Waals surface area contributed by atoms with E-state index >= 15 is 0 Å². The van der Waals surface area contributed by atoms with Crippen LogP contribution in [0.4, 0.5) is 4.39 Å². The van der Waals surface area contributed by atoms with Gasteiger partial charge in [0.05, 0.1) is 0 Å². The van der Waals surface area contributed by atoms with Crippen LogP contribution in [0.3, 0.4) is 0 Å². The van der Waals surface area contributed by atoms with E-state index in [4.69, 9.17) is 0 Å². The summed E-state index contributed by atoms with van der Waals surface area (Å²) in [6.07, 6.45) is 0. The molecule has 1 aliphatic rings. The second kappa shape index (κ2) is 5.04. The molecule has 94 valence electrons. The predicted molar refractivity (Wildman–Crippen MR) is 71.5 cm³/mol. The number of hydrogen-bond acceptors (Lipinski definition) is 2. The Kier molecular flexibility index (Phi) is 3.85. The van der Waals surface area contributed by atoms with E-state index in [1.54, 1.807) is 6.07 Å². The van der Waals surface area contributed by atoms with Gasteiger partial charge in [-0.3, -0.25) is 4.90 Å². The summed E-state index contributed by atoms with van der Waals surface area (Å²) in [4.78, 5) is 2.39. The van der Waals surface area contributed by atoms with Crippen LogP contribution in [0.15, 0.2) is 22.7 Å². The highest BCUT2D eigenvalue weighted by atomic mass is 79.9. The molecule has 0 bridgehead atoms. The Morgan fingerprint density at radius 3 is 2.82 bits per heavy atom. The molecule has 1 heterocycles. The van der Waals surface area contributed by atoms with E-state index in [0.29, 0.717) is 0 Å². The van der Waals surface area contributed by atoms with E-state index in [2.05, 4.69) is 40.0 Å². The smallest absolute Gasteiger partial charge is 0.124 e. The van der Waals surface area contributed by atoms with E-state index in [1.165, 1.54) is 6.07 Å². The normalized spacial score (nSPS) is 20.5. The third-order valence-corrected chi connectivity index (χ3v) is 3.73. The molecule has 1 saturated heterocycles. The zero-order valence-electron chi connectivity index (χ0n) is 10.3. The zero-order chi connectivity index (χ0) is 12.5. The molecule has 0 amide bonds. The molecule has 0 aliphatic carbocycles. The van der Waals surface area contributed by atoms with Gasteiger partial charge < -0.3 is 5.32 Å². The zero-order valence-corrected chi connectivity index (χ0v) is 11.8. The summed E-state index contributed by atoms with van der Waals surface area (Å²) in [7, 11) is 0. The standard InChI is InChI=1S/C13H18BrFN2/c1-13(2)9-16-3-4-17(13)8-10-5-11(14)7-12(15)6-10/h5-7,16H,3-4,8-9H2,1-2H3. The van der Waals surface area contributed by atoms with E-state index < -0.39 is 0 Å². The van der Waals surface area contributed by atoms with Crippen molar-refractivity contribution < 1.29 is 4.39 Å². The minimum atomic E-state index is -0.178. The molecule has 1 aromatic rings. The molecule has 0 aromatic heterocycles. The third kappa shape index (κ3) is 3.27. The van der Waals surface area contributed by atoms with Gasteiger partial charge in [-0.05, 0) is 37.6 Å². The van der Waals surface area contributed by atoms with Crippen LogP contribution >= 0.6 is 15.9 Å². The SMILES string of the molecule is CC1(C)CNCCN1Cc1cc(F)cc(Br)c1. The van der Waals surface area contributed by atoms with Crippen LogP contribution in [0.5, 0.6) is 0 Å². The first kappa shape index (κ1) is 13.0. The Balaban J connectivity index is 2.14. The summed E-state index contributed by atoms with van der Waals surface area (Å²) in [6, 6.07) is 5.09. The summed E-state index contributed by atoms with van der Waals surface area (Å²) >= 11 is 3.34. The summed E-state index contributed by atoms with van der Waals surface area (Å²) < 4.78 is 14.1. The van der Waals surface area contributed by atoms with Crippen molar-refractivity contribution in [2.75, 3.05) is 19.6 Å². The van der Waals surface area contributed by atoms with Gasteiger partial charge in [-0.2, -0.15) is 0 Å². The molecule has 0 atom stereocenters. The van der Waals surface area contributed by atoms with Gasteiger partial charge in [0, 0.05) is 36.2 Å². The molecule has 1 fully saturated rings. The van der Waals surface area contributed by atoms with Crippen molar-refractivity contribution >= 4 is 15.9 Å². The van der Waals surface area contributed by atoms with E-state index in [9.17, 15) is 4.39 Å². The molecule has 1 aliphatic heterocycles. The topological polar surface area (TPSA) is 15.3 Å². The van der Waals surface area contributed by atoms with Crippen molar-refractivity contribution in [3.63, 3.8) is 0 Å². The summed E-state index contributed by atoms with van der Waals surface area (Å²) in [5, 5.41) is 3.39. The van der Waals surface area contributed by atoms with Crippen LogP contribution in [0.1, 0.15) is 19.4 Å². The number of benzene rings is 1. The molecule has 0 spiro atoms. The van der Waals surface area contributed by atoms with Crippen molar-refractivity contribution in [2.45, 2.75) is 25.9 Å². The molecule has 0 radical (unpaired) electrons. The fourth-order valence-corrected chi connectivity index (χ4v) is 2.75. The minimum Gasteiger partial charge on any atom is -0.314 e. The summed E-state index contributed by atoms with van der Waals surface area (Å²) in [5.41, 5.74) is 1.14. The van der Waals surface area contributed by atoms with Crippen LogP contribution in [-0.2, 0) is 6.54 Å². The van der Waals surface area contributed by atoms with Gasteiger partial charge in [0.25, 0.3) is 0 Å². The lowest BCUT2D eigenvalue weighted by Crippen LogP contribution is -2.57. The fourth-order valence-electron chi connectivity index (χ4n) is 2.24. The van der Waals surface area contributed by atoms with Gasteiger partial charge >= 0.3 is 0 Å². The first-order valence-corrected chi connectivity index (χ1v) is 6.67. The van der Waals surface area contributed by atoms with Crippen molar-refractivity contribution in [3.05, 3.63) is 34.1 Å². The number of piperazine rings is 1. The van der Waals surface area contributed by atoms with Crippen molar-refractivity contribution in [2.24, 2.45) is 0 Å². The Morgan fingerprint density at radius 1 is 1.41 bits per heavy atom. The molecule has 17 heavy (non-hydrogen) atoms. The van der Waals surface area contributed by atoms with E-state index in [0.717, 1.165) is 36.2 Å². The van der Waals surface area contributed by atoms with Crippen molar-refractivity contribution in [3.8, 4) is 0 Å². The van der Waals surface area contributed by atoms with Gasteiger partial charge in [0.2, 0.25) is 0 Å². The van der Waals surface area contributed by atoms with E-state index in [-0.39, 0.29) is 11.4 Å². The average Bonchev–Trinajstić information content (AvgIpc) is 2.19. The molecular weight excluding hydrogens is 283 g/mol. The Morgan fingerprint density at radius 2 is 2.18 bits per heavy atom. The largest absolute Gasteiger partial charge is 0.314 e. The van der Waals surface area contributed by atoms with Gasteiger partial charge in [0.15, 0.2) is 0 Å². The summed E-state index contributed by atoms with van der Waals surface area (Å²) in [6.45, 7) is 8.20. The average molecular weight is 301 g/mol. The lowest BCUT2D eigenvalue weighted by atomic mass is 9.99. The first-order valence-electron chi connectivity index (χ1n) is 5.88. The van der Waals surface area contributed by atoms with Crippen molar-refractivity contribution in [1.29, 1.82) is 0 Å². The molecule has 1 N–H and O–H groups in total. The maximum Gasteiger partial charge on any atom is 0.124 e. The number of hydrogen-bond donors (Lipinski definition) is 1. The highest BCUT2D eigenvalue weighted by Gasteiger charge is 2.29. The first-order chi connectivity index (χ1) is 7.97. The Bertz CT molecular complexity index is 386. The lowest BCUT2D eigenvalue weighted by Gasteiger charge is -2.42. The molecule has 1 aromatic carbocycles. The summed E-state index contributed by atoms with van der Waals surface area (Å²) in [5.74, 6) is -0.178. The highest BCUT2D eigenvalue weighted by molar-refractivity contribution is 9.10. The van der Waals surface area contributed by atoms with Crippen LogP contribution in [0, 0.1) is 5.82 Å². The van der Waals surface area contributed by atoms with E-state index in [1.807, 2.05) is 6.07 Å². The maximum atomic E-state index is 13.3. The molecule has 2 rings (SSSR count). The molecular formula is C13H18BrFN2. The highest BCUT2D eigenvalue weighted by Crippen LogP contribution is 2.22. The quantitative estimate of drug-likeness (QED) is 0.903. The number of nitrogens with one attached hydrogen (secondary N) is 1. The van der Waals surface area contributed by atoms with Crippen LogP contribution in [0.2, 0.25) is 0 Å². The van der Waals surface area contributed by atoms with Crippen LogP contribution in [-0.4, -0.2) is 30.1 Å². The Labute approximate surface area is 110 Å². The van der Waals surface area contributed by atoms with Gasteiger partial charge in [-0.1, -0.05) is 15.9 Å². The Hall–Kier alpha value is -0.450. The van der Waals surface area contributed by atoms with Gasteiger partial charge in [0.1, 0.15) is 5.82 Å².